The SMILES string of the molecule is CC(C)CNCc1cc(CN2CCC(N(C)C)CC2)on1. The lowest BCUT2D eigenvalue weighted by molar-refractivity contribution is 0.131. The fraction of sp³-hybridized carbons (Fsp3) is 0.812. The summed E-state index contributed by atoms with van der Waals surface area (Å²) in [5, 5.41) is 7.54. The van der Waals surface area contributed by atoms with Gasteiger partial charge >= 0.3 is 0 Å². The van der Waals surface area contributed by atoms with E-state index >= 15 is 0 Å². The Balaban J connectivity index is 1.73. The molecular formula is C16H30N4O. The number of aromatic nitrogens is 1. The van der Waals surface area contributed by atoms with Gasteiger partial charge in [-0.15, -0.1) is 0 Å². The van der Waals surface area contributed by atoms with Crippen LogP contribution in [0.25, 0.3) is 0 Å². The molecule has 21 heavy (non-hydrogen) atoms. The predicted octanol–water partition coefficient (Wildman–Crippen LogP) is 1.95. The summed E-state index contributed by atoms with van der Waals surface area (Å²) in [5.74, 6) is 1.65. The number of likely N-dealkylation sites (tertiary alicyclic amines) is 1. The fourth-order valence-electron chi connectivity index (χ4n) is 2.82. The Hall–Kier alpha value is -0.910. The van der Waals surface area contributed by atoms with Crippen LogP contribution in [0.15, 0.2) is 10.6 Å². The van der Waals surface area contributed by atoms with Crippen molar-refractivity contribution in [3.05, 3.63) is 17.5 Å². The Bertz CT molecular complexity index is 408. The molecule has 0 atom stereocenters. The van der Waals surface area contributed by atoms with Crippen molar-refractivity contribution >= 4 is 0 Å². The fourth-order valence-corrected chi connectivity index (χ4v) is 2.82. The number of piperidine rings is 1. The van der Waals surface area contributed by atoms with E-state index in [0.29, 0.717) is 5.92 Å². The summed E-state index contributed by atoms with van der Waals surface area (Å²) in [4.78, 5) is 4.80. The smallest absolute Gasteiger partial charge is 0.151 e. The van der Waals surface area contributed by atoms with E-state index in [1.807, 2.05) is 0 Å². The van der Waals surface area contributed by atoms with E-state index in [2.05, 4.69) is 54.3 Å². The molecule has 1 fully saturated rings. The Morgan fingerprint density at radius 1 is 1.38 bits per heavy atom. The molecule has 0 amide bonds. The van der Waals surface area contributed by atoms with Crippen LogP contribution in [0.2, 0.25) is 0 Å². The molecule has 0 spiro atoms. The number of rotatable bonds is 7. The van der Waals surface area contributed by atoms with Crippen LogP contribution in [-0.2, 0) is 13.1 Å². The summed E-state index contributed by atoms with van der Waals surface area (Å²) in [6.07, 6.45) is 2.48. The molecule has 0 aromatic carbocycles. The molecule has 1 aliphatic rings. The van der Waals surface area contributed by atoms with Gasteiger partial charge in [-0.25, -0.2) is 0 Å². The first-order chi connectivity index (χ1) is 10.0. The molecule has 120 valence electrons. The zero-order chi connectivity index (χ0) is 15.2. The van der Waals surface area contributed by atoms with E-state index in [0.717, 1.165) is 50.2 Å². The van der Waals surface area contributed by atoms with Gasteiger partial charge in [-0.3, -0.25) is 4.90 Å². The van der Waals surface area contributed by atoms with Crippen molar-refractivity contribution in [2.24, 2.45) is 5.92 Å². The largest absolute Gasteiger partial charge is 0.360 e. The van der Waals surface area contributed by atoms with Crippen molar-refractivity contribution in [2.45, 2.75) is 45.8 Å². The van der Waals surface area contributed by atoms with Crippen LogP contribution >= 0.6 is 0 Å². The first-order valence-corrected chi connectivity index (χ1v) is 8.08. The average Bonchev–Trinajstić information content (AvgIpc) is 2.86. The number of hydrogen-bond donors (Lipinski definition) is 1. The molecule has 5 nitrogen and oxygen atoms in total. The van der Waals surface area contributed by atoms with Gasteiger partial charge in [0.1, 0.15) is 0 Å². The van der Waals surface area contributed by atoms with Crippen molar-refractivity contribution in [1.29, 1.82) is 0 Å². The highest BCUT2D eigenvalue weighted by atomic mass is 16.5. The topological polar surface area (TPSA) is 44.5 Å². The molecule has 1 aromatic heterocycles. The lowest BCUT2D eigenvalue weighted by atomic mass is 10.0. The van der Waals surface area contributed by atoms with Gasteiger partial charge in [0.25, 0.3) is 0 Å². The second kappa shape index (κ2) is 7.92. The molecule has 1 aliphatic heterocycles. The normalized spacial score (nSPS) is 18.0. The maximum absolute atomic E-state index is 5.46. The highest BCUT2D eigenvalue weighted by Crippen LogP contribution is 2.17. The summed E-state index contributed by atoms with van der Waals surface area (Å²) in [6.45, 7) is 9.40. The summed E-state index contributed by atoms with van der Waals surface area (Å²) in [7, 11) is 4.35. The molecule has 5 heteroatoms. The number of nitrogens with zero attached hydrogens (tertiary/aromatic N) is 3. The zero-order valence-corrected chi connectivity index (χ0v) is 13.9. The Labute approximate surface area is 128 Å². The van der Waals surface area contributed by atoms with Crippen LogP contribution in [0.5, 0.6) is 0 Å². The average molecular weight is 294 g/mol. The molecule has 2 heterocycles. The van der Waals surface area contributed by atoms with Gasteiger partial charge in [-0.05, 0) is 39.4 Å². The van der Waals surface area contributed by atoms with Crippen LogP contribution in [-0.4, -0.2) is 54.7 Å². The van der Waals surface area contributed by atoms with Gasteiger partial charge in [0.05, 0.1) is 12.2 Å². The molecule has 0 bridgehead atoms. The highest BCUT2D eigenvalue weighted by molar-refractivity contribution is 5.05. The third-order valence-electron chi connectivity index (χ3n) is 4.13. The van der Waals surface area contributed by atoms with Crippen molar-refractivity contribution in [3.8, 4) is 0 Å². The van der Waals surface area contributed by atoms with Gasteiger partial charge in [0.2, 0.25) is 0 Å². The monoisotopic (exact) mass is 294 g/mol. The van der Waals surface area contributed by atoms with Crippen molar-refractivity contribution in [1.82, 2.24) is 20.3 Å². The minimum Gasteiger partial charge on any atom is -0.360 e. The van der Waals surface area contributed by atoms with E-state index in [1.54, 1.807) is 0 Å². The first-order valence-electron chi connectivity index (χ1n) is 8.08. The van der Waals surface area contributed by atoms with Crippen LogP contribution in [0, 0.1) is 5.92 Å². The van der Waals surface area contributed by atoms with E-state index in [1.165, 1.54) is 12.8 Å². The number of nitrogens with one attached hydrogen (secondary N) is 1. The van der Waals surface area contributed by atoms with Crippen molar-refractivity contribution in [3.63, 3.8) is 0 Å². The van der Waals surface area contributed by atoms with E-state index in [-0.39, 0.29) is 0 Å². The molecule has 0 saturated carbocycles. The van der Waals surface area contributed by atoms with E-state index in [4.69, 9.17) is 4.52 Å². The van der Waals surface area contributed by atoms with Crippen LogP contribution in [0.4, 0.5) is 0 Å². The Morgan fingerprint density at radius 2 is 2.10 bits per heavy atom. The van der Waals surface area contributed by atoms with Gasteiger partial charge in [-0.1, -0.05) is 19.0 Å². The molecule has 1 saturated heterocycles. The second-order valence-corrected chi connectivity index (χ2v) is 6.78. The standard InChI is InChI=1S/C16H30N4O/c1-13(2)10-17-11-14-9-16(21-18-14)12-20-7-5-15(6-8-20)19(3)4/h9,13,15,17H,5-8,10-12H2,1-4H3. The number of hydrogen-bond acceptors (Lipinski definition) is 5. The predicted molar refractivity (Wildman–Crippen MR) is 85.0 cm³/mol. The third kappa shape index (κ3) is 5.41. The Morgan fingerprint density at radius 3 is 2.71 bits per heavy atom. The lowest BCUT2D eigenvalue weighted by Crippen LogP contribution is -2.41. The highest BCUT2D eigenvalue weighted by Gasteiger charge is 2.21. The van der Waals surface area contributed by atoms with Crippen LogP contribution < -0.4 is 5.32 Å². The van der Waals surface area contributed by atoms with Crippen LogP contribution in [0.1, 0.15) is 38.1 Å². The van der Waals surface area contributed by atoms with Crippen molar-refractivity contribution < 1.29 is 4.52 Å². The van der Waals surface area contributed by atoms with E-state index < -0.39 is 0 Å². The minimum atomic E-state index is 0.661. The summed E-state index contributed by atoms with van der Waals surface area (Å²) < 4.78 is 5.46. The second-order valence-electron chi connectivity index (χ2n) is 6.78. The lowest BCUT2D eigenvalue weighted by Gasteiger charge is -2.34. The summed E-state index contributed by atoms with van der Waals surface area (Å²) >= 11 is 0. The maximum atomic E-state index is 5.46. The molecule has 0 radical (unpaired) electrons. The minimum absolute atomic E-state index is 0.661. The summed E-state index contributed by atoms with van der Waals surface area (Å²) in [6, 6.07) is 2.82. The summed E-state index contributed by atoms with van der Waals surface area (Å²) in [5.41, 5.74) is 1.01. The third-order valence-corrected chi connectivity index (χ3v) is 4.13. The van der Waals surface area contributed by atoms with Gasteiger partial charge < -0.3 is 14.7 Å². The maximum Gasteiger partial charge on any atom is 0.151 e. The van der Waals surface area contributed by atoms with E-state index in [9.17, 15) is 0 Å². The first kappa shape index (κ1) is 16.5. The quantitative estimate of drug-likeness (QED) is 0.833. The van der Waals surface area contributed by atoms with Crippen molar-refractivity contribution in [2.75, 3.05) is 33.7 Å². The van der Waals surface area contributed by atoms with Gasteiger partial charge in [0.15, 0.2) is 5.76 Å². The molecule has 0 unspecified atom stereocenters. The molecule has 0 aliphatic carbocycles. The van der Waals surface area contributed by atoms with Gasteiger partial charge in [-0.2, -0.15) is 0 Å². The van der Waals surface area contributed by atoms with Gasteiger partial charge in [0, 0.05) is 31.7 Å². The Kier molecular flexibility index (Phi) is 6.21. The molecular weight excluding hydrogens is 264 g/mol. The molecule has 1 aromatic rings. The molecule has 1 N–H and O–H groups in total. The zero-order valence-electron chi connectivity index (χ0n) is 13.9. The van der Waals surface area contributed by atoms with Crippen LogP contribution in [0.3, 0.4) is 0 Å². The molecule has 2 rings (SSSR count).